The van der Waals surface area contributed by atoms with E-state index in [-0.39, 0.29) is 17.6 Å². The first-order valence-electron chi connectivity index (χ1n) is 7.73. The average molecular weight is 478 g/mol. The Morgan fingerprint density at radius 3 is 2.23 bits per heavy atom. The van der Waals surface area contributed by atoms with Crippen molar-refractivity contribution in [3.63, 3.8) is 0 Å². The van der Waals surface area contributed by atoms with Crippen molar-refractivity contribution in [2.75, 3.05) is 16.4 Å². The Labute approximate surface area is 168 Å². The van der Waals surface area contributed by atoms with E-state index >= 15 is 0 Å². The molecule has 0 saturated carbocycles. The first kappa shape index (κ1) is 18.5. The van der Waals surface area contributed by atoms with Crippen LogP contribution in [0.25, 0.3) is 0 Å². The smallest absolute Gasteiger partial charge is 0.291 e. The summed E-state index contributed by atoms with van der Waals surface area (Å²) in [5.74, 6) is 0.207. The van der Waals surface area contributed by atoms with E-state index in [4.69, 9.17) is 4.42 Å². The standard InChI is InChI=1S/C19H15IN2O3S/c20-13-3-5-14(6-4-13)21-18(23)12-26-16-9-7-15(8-10-16)22-19(24)17-2-1-11-25-17/h1-11H,12H2,(H,21,23)(H,22,24). The molecule has 5 nitrogen and oxygen atoms in total. The summed E-state index contributed by atoms with van der Waals surface area (Å²) < 4.78 is 6.17. The zero-order chi connectivity index (χ0) is 18.4. The summed E-state index contributed by atoms with van der Waals surface area (Å²) >= 11 is 3.65. The van der Waals surface area contributed by atoms with Gasteiger partial charge in [0.15, 0.2) is 5.76 Å². The molecule has 0 aliphatic heterocycles. The van der Waals surface area contributed by atoms with Crippen LogP contribution in [0.15, 0.2) is 76.2 Å². The highest BCUT2D eigenvalue weighted by Crippen LogP contribution is 2.21. The fraction of sp³-hybridized carbons (Fsp3) is 0.0526. The minimum atomic E-state index is -0.299. The summed E-state index contributed by atoms with van der Waals surface area (Å²) in [5.41, 5.74) is 1.45. The maximum Gasteiger partial charge on any atom is 0.291 e. The van der Waals surface area contributed by atoms with E-state index in [0.717, 1.165) is 14.2 Å². The highest BCUT2D eigenvalue weighted by atomic mass is 127. The Kier molecular flexibility index (Phi) is 6.35. The summed E-state index contributed by atoms with van der Waals surface area (Å²) in [4.78, 5) is 24.9. The molecule has 0 spiro atoms. The minimum Gasteiger partial charge on any atom is -0.459 e. The number of carbonyl (C=O) groups excluding carboxylic acids is 2. The first-order chi connectivity index (χ1) is 12.6. The number of benzene rings is 2. The highest BCUT2D eigenvalue weighted by Gasteiger charge is 2.09. The molecule has 0 radical (unpaired) electrons. The number of hydrogen-bond acceptors (Lipinski definition) is 4. The SMILES string of the molecule is O=C(CSc1ccc(NC(=O)c2ccco2)cc1)Nc1ccc(I)cc1. The van der Waals surface area contributed by atoms with Crippen molar-refractivity contribution in [3.8, 4) is 0 Å². The molecule has 1 heterocycles. The van der Waals surface area contributed by atoms with Crippen LogP contribution in [-0.2, 0) is 4.79 Å². The lowest BCUT2D eigenvalue weighted by atomic mass is 10.3. The number of amides is 2. The van der Waals surface area contributed by atoms with Gasteiger partial charge in [-0.2, -0.15) is 0 Å². The van der Waals surface area contributed by atoms with Crippen LogP contribution in [-0.4, -0.2) is 17.6 Å². The Bertz CT molecular complexity index is 878. The molecule has 7 heteroatoms. The molecule has 0 atom stereocenters. The van der Waals surface area contributed by atoms with Gasteiger partial charge in [0.25, 0.3) is 5.91 Å². The normalized spacial score (nSPS) is 10.3. The Morgan fingerprint density at radius 2 is 1.58 bits per heavy atom. The van der Waals surface area contributed by atoms with Crippen LogP contribution in [0.3, 0.4) is 0 Å². The zero-order valence-corrected chi connectivity index (χ0v) is 16.5. The van der Waals surface area contributed by atoms with Gasteiger partial charge in [0.1, 0.15) is 0 Å². The van der Waals surface area contributed by atoms with Gasteiger partial charge in [0, 0.05) is 19.8 Å². The van der Waals surface area contributed by atoms with Crippen LogP contribution in [0.2, 0.25) is 0 Å². The van der Waals surface area contributed by atoms with Crippen molar-refractivity contribution < 1.29 is 14.0 Å². The monoisotopic (exact) mass is 478 g/mol. The molecule has 0 aliphatic rings. The van der Waals surface area contributed by atoms with E-state index in [1.165, 1.54) is 18.0 Å². The summed E-state index contributed by atoms with van der Waals surface area (Å²) in [6, 6.07) is 18.2. The number of halogens is 1. The molecule has 0 unspecified atom stereocenters. The maximum atomic E-state index is 12.0. The number of anilines is 2. The van der Waals surface area contributed by atoms with Crippen LogP contribution in [0, 0.1) is 3.57 Å². The van der Waals surface area contributed by atoms with Gasteiger partial charge in [0.05, 0.1) is 12.0 Å². The average Bonchev–Trinajstić information content (AvgIpc) is 3.18. The van der Waals surface area contributed by atoms with Gasteiger partial charge < -0.3 is 15.1 Å². The summed E-state index contributed by atoms with van der Waals surface area (Å²) in [5, 5.41) is 5.61. The third-order valence-corrected chi connectivity index (χ3v) is 5.09. The van der Waals surface area contributed by atoms with Crippen LogP contribution >= 0.6 is 34.4 Å². The minimum absolute atomic E-state index is 0.0635. The maximum absolute atomic E-state index is 12.0. The highest BCUT2D eigenvalue weighted by molar-refractivity contribution is 14.1. The Morgan fingerprint density at radius 1 is 0.923 bits per heavy atom. The number of furan rings is 1. The predicted molar refractivity (Wildman–Crippen MR) is 112 cm³/mol. The molecule has 0 aliphatic carbocycles. The number of hydrogen-bond donors (Lipinski definition) is 2. The van der Waals surface area contributed by atoms with Gasteiger partial charge in [-0.25, -0.2) is 0 Å². The van der Waals surface area contributed by atoms with Crippen molar-refractivity contribution in [1.82, 2.24) is 0 Å². The van der Waals surface area contributed by atoms with Crippen LogP contribution in [0.5, 0.6) is 0 Å². The second kappa shape index (κ2) is 8.91. The molecule has 2 amide bonds. The number of nitrogens with one attached hydrogen (secondary N) is 2. The molecular weight excluding hydrogens is 463 g/mol. The third kappa shape index (κ3) is 5.37. The Hall–Kier alpha value is -2.26. The zero-order valence-electron chi connectivity index (χ0n) is 13.6. The molecule has 26 heavy (non-hydrogen) atoms. The van der Waals surface area contributed by atoms with Crippen molar-refractivity contribution in [2.45, 2.75) is 4.90 Å². The quantitative estimate of drug-likeness (QED) is 0.392. The molecule has 0 bridgehead atoms. The second-order valence-corrected chi connectivity index (χ2v) is 7.59. The van der Waals surface area contributed by atoms with Gasteiger partial charge >= 0.3 is 0 Å². The predicted octanol–water partition coefficient (Wildman–Crippen LogP) is 4.87. The number of carbonyl (C=O) groups is 2. The molecule has 0 saturated heterocycles. The first-order valence-corrected chi connectivity index (χ1v) is 9.80. The third-order valence-electron chi connectivity index (χ3n) is 3.36. The van der Waals surface area contributed by atoms with Crippen molar-refractivity contribution in [2.24, 2.45) is 0 Å². The number of thioether (sulfide) groups is 1. The van der Waals surface area contributed by atoms with E-state index in [9.17, 15) is 9.59 Å². The van der Waals surface area contributed by atoms with Crippen LogP contribution in [0.4, 0.5) is 11.4 Å². The summed E-state index contributed by atoms with van der Waals surface area (Å²) in [7, 11) is 0. The van der Waals surface area contributed by atoms with Crippen molar-refractivity contribution in [3.05, 3.63) is 76.3 Å². The molecule has 3 rings (SSSR count). The van der Waals surface area contributed by atoms with Gasteiger partial charge in [-0.1, -0.05) is 0 Å². The Balaban J connectivity index is 1.48. The fourth-order valence-electron chi connectivity index (χ4n) is 2.11. The van der Waals surface area contributed by atoms with Crippen molar-refractivity contribution >= 4 is 57.5 Å². The molecule has 2 aromatic carbocycles. The van der Waals surface area contributed by atoms with Gasteiger partial charge in [0.2, 0.25) is 5.91 Å². The molecule has 132 valence electrons. The van der Waals surface area contributed by atoms with Crippen LogP contribution < -0.4 is 10.6 Å². The summed E-state index contributed by atoms with van der Waals surface area (Å²) in [6.45, 7) is 0. The molecular formula is C19H15IN2O3S. The topological polar surface area (TPSA) is 71.3 Å². The van der Waals surface area contributed by atoms with E-state index in [1.807, 2.05) is 36.4 Å². The number of rotatable bonds is 6. The van der Waals surface area contributed by atoms with E-state index in [1.54, 1.807) is 24.3 Å². The van der Waals surface area contributed by atoms with Gasteiger partial charge in [-0.3, -0.25) is 9.59 Å². The van der Waals surface area contributed by atoms with Gasteiger partial charge in [-0.05, 0) is 83.3 Å². The molecule has 1 aromatic heterocycles. The van der Waals surface area contributed by atoms with Crippen molar-refractivity contribution in [1.29, 1.82) is 0 Å². The molecule has 2 N–H and O–H groups in total. The summed E-state index contributed by atoms with van der Waals surface area (Å²) in [6.07, 6.45) is 1.45. The van der Waals surface area contributed by atoms with Crippen LogP contribution in [0.1, 0.15) is 10.6 Å². The van der Waals surface area contributed by atoms with E-state index in [0.29, 0.717) is 11.4 Å². The van der Waals surface area contributed by atoms with E-state index < -0.39 is 0 Å². The lowest BCUT2D eigenvalue weighted by Crippen LogP contribution is -2.13. The van der Waals surface area contributed by atoms with E-state index in [2.05, 4.69) is 33.2 Å². The van der Waals surface area contributed by atoms with Gasteiger partial charge in [-0.15, -0.1) is 11.8 Å². The second-order valence-electron chi connectivity index (χ2n) is 5.30. The largest absolute Gasteiger partial charge is 0.459 e. The lowest BCUT2D eigenvalue weighted by Gasteiger charge is -2.07. The lowest BCUT2D eigenvalue weighted by molar-refractivity contribution is -0.113. The fourth-order valence-corrected chi connectivity index (χ4v) is 3.17. The molecule has 3 aromatic rings. The molecule has 0 fully saturated rings.